The molecular formula is C19H19NO7. The lowest BCUT2D eigenvalue weighted by molar-refractivity contribution is -0.158. The molecule has 1 heterocycles. The van der Waals surface area contributed by atoms with E-state index in [-0.39, 0.29) is 17.4 Å². The van der Waals surface area contributed by atoms with Gasteiger partial charge in [-0.1, -0.05) is 41.6 Å². The molecule has 0 saturated heterocycles. The standard InChI is InChI=1S/C19H19NO7/c21-16(22)11-27-20-8-13-6-7-14-15(18(23)24)10-26-19(17(13)14)25-9-12-4-2-1-3-5-12/h1-6,8,10,14,17,19H,7,9,11H2,(H,21,22)(H,23,24)/t14-,17-,19-/m1/s1. The SMILES string of the molecule is O=C(O)CON=CC1=CC[C@@H]2C(C(=O)O)=CO[C@@H](OCc3ccccc3)[C@H]12. The minimum Gasteiger partial charge on any atom is -0.479 e. The number of rotatable bonds is 8. The van der Waals surface area contributed by atoms with Gasteiger partial charge >= 0.3 is 11.9 Å². The van der Waals surface area contributed by atoms with Crippen molar-refractivity contribution in [2.45, 2.75) is 19.3 Å². The van der Waals surface area contributed by atoms with E-state index in [1.165, 1.54) is 12.5 Å². The highest BCUT2D eigenvalue weighted by atomic mass is 16.7. The van der Waals surface area contributed by atoms with Crippen LogP contribution in [0.3, 0.4) is 0 Å². The van der Waals surface area contributed by atoms with Crippen LogP contribution in [0.2, 0.25) is 0 Å². The molecule has 1 aromatic rings. The normalized spacial score (nSPS) is 23.9. The average molecular weight is 373 g/mol. The Balaban J connectivity index is 1.73. The maximum absolute atomic E-state index is 11.5. The number of allylic oxidation sites excluding steroid dienone is 1. The van der Waals surface area contributed by atoms with Gasteiger partial charge in [0.15, 0.2) is 0 Å². The number of oxime groups is 1. The molecule has 1 aliphatic heterocycles. The molecule has 1 aromatic carbocycles. The molecule has 27 heavy (non-hydrogen) atoms. The second-order valence-electron chi connectivity index (χ2n) is 6.15. The van der Waals surface area contributed by atoms with Gasteiger partial charge in [-0.25, -0.2) is 9.59 Å². The van der Waals surface area contributed by atoms with Crippen molar-refractivity contribution in [2.24, 2.45) is 17.0 Å². The third-order valence-corrected chi connectivity index (χ3v) is 4.42. The summed E-state index contributed by atoms with van der Waals surface area (Å²) in [6.07, 6.45) is 4.29. The van der Waals surface area contributed by atoms with E-state index in [9.17, 15) is 14.7 Å². The molecular weight excluding hydrogens is 354 g/mol. The lowest BCUT2D eigenvalue weighted by Crippen LogP contribution is -2.36. The van der Waals surface area contributed by atoms with Gasteiger partial charge < -0.3 is 24.5 Å². The zero-order chi connectivity index (χ0) is 19.2. The number of ether oxygens (including phenoxy) is 2. The molecule has 0 unspecified atom stereocenters. The van der Waals surface area contributed by atoms with Gasteiger partial charge in [-0.3, -0.25) is 0 Å². The van der Waals surface area contributed by atoms with E-state index >= 15 is 0 Å². The number of nitrogens with zero attached hydrogens (tertiary/aromatic N) is 1. The number of hydrogen-bond donors (Lipinski definition) is 2. The molecule has 1 aliphatic carbocycles. The molecule has 8 heteroatoms. The molecule has 0 fully saturated rings. The number of carbonyl (C=O) groups is 2. The Bertz CT molecular complexity index is 785. The first-order valence-corrected chi connectivity index (χ1v) is 8.38. The van der Waals surface area contributed by atoms with Crippen LogP contribution in [0.5, 0.6) is 0 Å². The van der Waals surface area contributed by atoms with Crippen molar-refractivity contribution < 1.29 is 34.1 Å². The van der Waals surface area contributed by atoms with Gasteiger partial charge in [0.1, 0.15) is 0 Å². The Kier molecular flexibility index (Phi) is 5.87. The van der Waals surface area contributed by atoms with Crippen LogP contribution in [0.25, 0.3) is 0 Å². The smallest absolute Gasteiger partial charge is 0.344 e. The topological polar surface area (TPSA) is 115 Å². The minimum atomic E-state index is -1.13. The number of benzene rings is 1. The molecule has 0 saturated carbocycles. The van der Waals surface area contributed by atoms with Gasteiger partial charge in [-0.05, 0) is 17.6 Å². The predicted octanol–water partition coefficient (Wildman–Crippen LogP) is 2.18. The molecule has 8 nitrogen and oxygen atoms in total. The second-order valence-corrected chi connectivity index (χ2v) is 6.15. The van der Waals surface area contributed by atoms with Crippen LogP contribution in [-0.2, 0) is 30.5 Å². The van der Waals surface area contributed by atoms with Crippen LogP contribution in [0.4, 0.5) is 0 Å². The fourth-order valence-electron chi connectivity index (χ4n) is 3.19. The summed E-state index contributed by atoms with van der Waals surface area (Å²) in [6, 6.07) is 9.55. The van der Waals surface area contributed by atoms with Crippen molar-refractivity contribution in [2.75, 3.05) is 6.61 Å². The fourth-order valence-corrected chi connectivity index (χ4v) is 3.19. The number of carboxylic acid groups (broad SMARTS) is 2. The molecule has 0 bridgehead atoms. The number of aliphatic carboxylic acids is 2. The zero-order valence-corrected chi connectivity index (χ0v) is 14.4. The summed E-state index contributed by atoms with van der Waals surface area (Å²) in [4.78, 5) is 26.7. The highest BCUT2D eigenvalue weighted by Crippen LogP contribution is 2.43. The lowest BCUT2D eigenvalue weighted by atomic mass is 9.83. The Morgan fingerprint density at radius 3 is 2.74 bits per heavy atom. The average Bonchev–Trinajstić information content (AvgIpc) is 3.08. The van der Waals surface area contributed by atoms with E-state index < -0.39 is 24.8 Å². The van der Waals surface area contributed by atoms with Gasteiger partial charge in [0, 0.05) is 5.92 Å². The van der Waals surface area contributed by atoms with E-state index in [4.69, 9.17) is 19.4 Å². The van der Waals surface area contributed by atoms with Crippen LogP contribution in [0.1, 0.15) is 12.0 Å². The summed E-state index contributed by atoms with van der Waals surface area (Å²) in [5, 5.41) is 21.6. The molecule has 3 atom stereocenters. The van der Waals surface area contributed by atoms with Crippen molar-refractivity contribution in [1.29, 1.82) is 0 Å². The van der Waals surface area contributed by atoms with Gasteiger partial charge in [0.05, 0.1) is 30.6 Å². The molecule has 2 N–H and O–H groups in total. The summed E-state index contributed by atoms with van der Waals surface area (Å²) in [7, 11) is 0. The quantitative estimate of drug-likeness (QED) is 0.530. The van der Waals surface area contributed by atoms with Gasteiger partial charge in [0.25, 0.3) is 0 Å². The largest absolute Gasteiger partial charge is 0.479 e. The summed E-state index contributed by atoms with van der Waals surface area (Å²) >= 11 is 0. The van der Waals surface area contributed by atoms with E-state index in [1.807, 2.05) is 36.4 Å². The fraction of sp³-hybridized carbons (Fsp3) is 0.316. The molecule has 3 rings (SSSR count). The predicted molar refractivity (Wildman–Crippen MR) is 93.6 cm³/mol. The summed E-state index contributed by atoms with van der Waals surface area (Å²) < 4.78 is 11.4. The first-order valence-electron chi connectivity index (χ1n) is 8.38. The summed E-state index contributed by atoms with van der Waals surface area (Å²) in [5.74, 6) is -2.85. The maximum atomic E-state index is 11.5. The van der Waals surface area contributed by atoms with Crippen molar-refractivity contribution >= 4 is 18.2 Å². The monoisotopic (exact) mass is 373 g/mol. The van der Waals surface area contributed by atoms with E-state index in [1.54, 1.807) is 0 Å². The van der Waals surface area contributed by atoms with E-state index in [0.717, 1.165) is 5.56 Å². The summed E-state index contributed by atoms with van der Waals surface area (Å²) in [6.45, 7) is -0.243. The molecule has 0 spiro atoms. The Morgan fingerprint density at radius 2 is 2.04 bits per heavy atom. The molecule has 0 aromatic heterocycles. The third-order valence-electron chi connectivity index (χ3n) is 4.42. The first-order chi connectivity index (χ1) is 13.1. The number of hydrogen-bond acceptors (Lipinski definition) is 6. The van der Waals surface area contributed by atoms with E-state index in [0.29, 0.717) is 18.6 Å². The molecule has 0 amide bonds. The molecule has 0 radical (unpaired) electrons. The van der Waals surface area contributed by atoms with Gasteiger partial charge in [-0.15, -0.1) is 0 Å². The van der Waals surface area contributed by atoms with Crippen LogP contribution >= 0.6 is 0 Å². The van der Waals surface area contributed by atoms with Crippen LogP contribution in [-0.4, -0.2) is 41.3 Å². The molecule has 2 aliphatic rings. The first kappa shape index (κ1) is 18.7. The third kappa shape index (κ3) is 4.53. The van der Waals surface area contributed by atoms with Gasteiger partial charge in [-0.2, -0.15) is 0 Å². The van der Waals surface area contributed by atoms with Crippen LogP contribution in [0, 0.1) is 11.8 Å². The minimum absolute atomic E-state index is 0.172. The number of fused-ring (bicyclic) bond motifs is 1. The maximum Gasteiger partial charge on any atom is 0.344 e. The zero-order valence-electron chi connectivity index (χ0n) is 14.4. The van der Waals surface area contributed by atoms with E-state index in [2.05, 4.69) is 5.16 Å². The molecule has 142 valence electrons. The highest BCUT2D eigenvalue weighted by Gasteiger charge is 2.44. The Hall–Kier alpha value is -3.13. The van der Waals surface area contributed by atoms with Crippen molar-refractivity contribution in [1.82, 2.24) is 0 Å². The summed E-state index contributed by atoms with van der Waals surface area (Å²) in [5.41, 5.74) is 1.83. The number of carboxylic acids is 2. The van der Waals surface area contributed by atoms with Crippen molar-refractivity contribution in [3.8, 4) is 0 Å². The Labute approximate surface area is 155 Å². The van der Waals surface area contributed by atoms with Gasteiger partial charge in [0.2, 0.25) is 12.9 Å². The second kappa shape index (κ2) is 8.50. The lowest BCUT2D eigenvalue weighted by Gasteiger charge is -2.33. The van der Waals surface area contributed by atoms with Crippen molar-refractivity contribution in [3.63, 3.8) is 0 Å². The Morgan fingerprint density at radius 1 is 1.26 bits per heavy atom. The van der Waals surface area contributed by atoms with Crippen LogP contribution in [0.15, 0.2) is 59.0 Å². The highest BCUT2D eigenvalue weighted by molar-refractivity contribution is 5.89. The van der Waals surface area contributed by atoms with Crippen LogP contribution < -0.4 is 0 Å². The van der Waals surface area contributed by atoms with Crippen molar-refractivity contribution in [3.05, 3.63) is 59.4 Å².